The Labute approximate surface area is 146 Å². The van der Waals surface area contributed by atoms with Crippen molar-refractivity contribution in [1.82, 2.24) is 0 Å². The van der Waals surface area contributed by atoms with Crippen LogP contribution in [-0.4, -0.2) is 0 Å². The van der Waals surface area contributed by atoms with Crippen LogP contribution in [0.2, 0.25) is 0 Å². The minimum Gasteiger partial charge on any atom is -0.455 e. The lowest BCUT2D eigenvalue weighted by Gasteiger charge is -2.06. The van der Waals surface area contributed by atoms with Crippen LogP contribution in [0.5, 0.6) is 0 Å². The number of furan rings is 1. The molecule has 116 valence electrons. The van der Waals surface area contributed by atoms with Crippen LogP contribution in [0.3, 0.4) is 0 Å². The van der Waals surface area contributed by atoms with Gasteiger partial charge in [-0.25, -0.2) is 4.57 Å². The zero-order chi connectivity index (χ0) is 20.2. The molecule has 0 atom stereocenters. The Morgan fingerprint density at radius 2 is 2.04 bits per heavy atom. The molecule has 0 amide bonds. The fourth-order valence-corrected chi connectivity index (χ4v) is 3.09. The SMILES string of the molecule is [2H]c1c[n+](C)c(-c2c(C)ccc3c2oc2cc(C#N)ccc23)cc1C([2H])([2H])[2H]. The number of nitrogens with zero attached hydrogens (tertiary/aromatic N) is 2. The van der Waals surface area contributed by atoms with Gasteiger partial charge >= 0.3 is 0 Å². The van der Waals surface area contributed by atoms with Gasteiger partial charge in [-0.05, 0) is 43.1 Å². The summed E-state index contributed by atoms with van der Waals surface area (Å²) < 4.78 is 39.1. The molecule has 0 spiro atoms. The van der Waals surface area contributed by atoms with Crippen molar-refractivity contribution in [2.24, 2.45) is 7.05 Å². The maximum atomic E-state index is 9.15. The summed E-state index contributed by atoms with van der Waals surface area (Å²) in [6.45, 7) is -0.441. The standard InChI is InChI=1S/C21H17N2O/c1-13-8-9-23(3)18(10-13)20-14(2)4-6-17-16-7-5-15(12-22)11-19(16)24-21(17)20/h4-11H,1-3H3/q+1/i1D3,8D. The second kappa shape index (κ2) is 5.21. The Hall–Kier alpha value is -3.12. The van der Waals surface area contributed by atoms with Crippen molar-refractivity contribution in [2.75, 3.05) is 0 Å². The molecule has 3 heteroatoms. The van der Waals surface area contributed by atoms with Crippen molar-refractivity contribution in [3.63, 3.8) is 0 Å². The van der Waals surface area contributed by atoms with Crippen molar-refractivity contribution in [3.8, 4) is 17.3 Å². The molecule has 2 heterocycles. The number of aryl methyl sites for hydroxylation is 3. The van der Waals surface area contributed by atoms with E-state index in [2.05, 4.69) is 6.07 Å². The van der Waals surface area contributed by atoms with Gasteiger partial charge in [-0.1, -0.05) is 12.1 Å². The summed E-state index contributed by atoms with van der Waals surface area (Å²) in [5.74, 6) is 0. The topological polar surface area (TPSA) is 40.8 Å². The van der Waals surface area contributed by atoms with E-state index in [1.165, 1.54) is 6.20 Å². The highest BCUT2D eigenvalue weighted by atomic mass is 16.3. The number of fused-ring (bicyclic) bond motifs is 3. The van der Waals surface area contributed by atoms with Crippen molar-refractivity contribution >= 4 is 21.9 Å². The first-order valence-electron chi connectivity index (χ1n) is 9.58. The first kappa shape index (κ1) is 10.6. The van der Waals surface area contributed by atoms with Crippen LogP contribution in [-0.2, 0) is 7.05 Å². The maximum absolute atomic E-state index is 9.15. The summed E-state index contributed by atoms with van der Waals surface area (Å²) in [7, 11) is 1.78. The second-order valence-electron chi connectivity index (χ2n) is 5.89. The van der Waals surface area contributed by atoms with Gasteiger partial charge in [0.25, 0.3) is 0 Å². The van der Waals surface area contributed by atoms with Gasteiger partial charge in [0.15, 0.2) is 6.20 Å². The van der Waals surface area contributed by atoms with E-state index in [1.807, 2.05) is 25.1 Å². The first-order valence-corrected chi connectivity index (χ1v) is 7.58. The lowest BCUT2D eigenvalue weighted by atomic mass is 9.99. The molecule has 0 aliphatic heterocycles. The van der Waals surface area contributed by atoms with E-state index in [-0.39, 0.29) is 11.6 Å². The molecule has 2 aromatic carbocycles. The molecule has 0 saturated carbocycles. The lowest BCUT2D eigenvalue weighted by molar-refractivity contribution is -0.660. The van der Waals surface area contributed by atoms with Crippen LogP contribution in [0.25, 0.3) is 33.2 Å². The van der Waals surface area contributed by atoms with Gasteiger partial charge < -0.3 is 4.42 Å². The van der Waals surface area contributed by atoms with E-state index in [0.717, 1.165) is 21.9 Å². The van der Waals surface area contributed by atoms with Gasteiger partial charge in [0.05, 0.1) is 18.6 Å². The molecule has 4 rings (SSSR count). The molecule has 0 unspecified atom stereocenters. The second-order valence-corrected chi connectivity index (χ2v) is 5.89. The molecule has 2 aromatic heterocycles. The van der Waals surface area contributed by atoms with E-state index in [4.69, 9.17) is 15.2 Å². The molecule has 0 bridgehead atoms. The van der Waals surface area contributed by atoms with Crippen LogP contribution < -0.4 is 4.57 Å². The van der Waals surface area contributed by atoms with Gasteiger partial charge in [-0.2, -0.15) is 5.26 Å². The minimum atomic E-state index is -2.38. The number of benzene rings is 2. The smallest absolute Gasteiger partial charge is 0.216 e. The average Bonchev–Trinajstić information content (AvgIpc) is 2.99. The lowest BCUT2D eigenvalue weighted by Crippen LogP contribution is -2.30. The number of hydrogen-bond donors (Lipinski definition) is 0. The van der Waals surface area contributed by atoms with Crippen LogP contribution in [0.4, 0.5) is 0 Å². The fourth-order valence-electron chi connectivity index (χ4n) is 3.09. The largest absolute Gasteiger partial charge is 0.455 e. The molecular formula is C21H17N2O+. The molecular weight excluding hydrogens is 296 g/mol. The average molecular weight is 317 g/mol. The van der Waals surface area contributed by atoms with Crippen molar-refractivity contribution < 1.29 is 14.5 Å². The van der Waals surface area contributed by atoms with Gasteiger partial charge in [0.2, 0.25) is 5.69 Å². The van der Waals surface area contributed by atoms with Crippen LogP contribution in [0.1, 0.15) is 22.2 Å². The fraction of sp³-hybridized carbons (Fsp3) is 0.143. The Balaban J connectivity index is 2.09. The van der Waals surface area contributed by atoms with Gasteiger partial charge in [0, 0.05) is 27.0 Å². The molecule has 0 aliphatic rings. The van der Waals surface area contributed by atoms with Crippen LogP contribution >= 0.6 is 0 Å². The third-order valence-corrected chi connectivity index (χ3v) is 4.31. The Kier molecular flexibility index (Phi) is 2.30. The summed E-state index contributed by atoms with van der Waals surface area (Å²) in [4.78, 5) is 0. The third-order valence-electron chi connectivity index (χ3n) is 4.31. The number of nitriles is 1. The van der Waals surface area contributed by atoms with E-state index in [1.54, 1.807) is 29.8 Å². The van der Waals surface area contributed by atoms with Gasteiger partial charge in [0.1, 0.15) is 18.2 Å². The molecule has 0 saturated heterocycles. The Bertz CT molecular complexity index is 1300. The van der Waals surface area contributed by atoms with E-state index >= 15 is 0 Å². The van der Waals surface area contributed by atoms with Crippen molar-refractivity contribution in [2.45, 2.75) is 13.8 Å². The highest BCUT2D eigenvalue weighted by molar-refractivity contribution is 6.09. The van der Waals surface area contributed by atoms with Crippen molar-refractivity contribution in [3.05, 3.63) is 65.3 Å². The highest BCUT2D eigenvalue weighted by Gasteiger charge is 2.20. The number of aromatic nitrogens is 1. The summed E-state index contributed by atoms with van der Waals surface area (Å²) in [6, 6.07) is 12.9. The molecule has 0 fully saturated rings. The molecule has 4 aromatic rings. The summed E-state index contributed by atoms with van der Waals surface area (Å²) in [5.41, 5.74) is 4.12. The maximum Gasteiger partial charge on any atom is 0.216 e. The minimum absolute atomic E-state index is 0.000110. The number of pyridine rings is 1. The van der Waals surface area contributed by atoms with E-state index in [0.29, 0.717) is 22.4 Å². The predicted molar refractivity (Wildman–Crippen MR) is 94.5 cm³/mol. The van der Waals surface area contributed by atoms with Crippen molar-refractivity contribution in [1.29, 1.82) is 5.26 Å². The highest BCUT2D eigenvalue weighted by Crippen LogP contribution is 2.37. The zero-order valence-corrected chi connectivity index (χ0v) is 13.3. The third kappa shape index (κ3) is 2.08. The zero-order valence-electron chi connectivity index (χ0n) is 17.3. The molecule has 24 heavy (non-hydrogen) atoms. The molecule has 0 N–H and O–H groups in total. The monoisotopic (exact) mass is 317 g/mol. The van der Waals surface area contributed by atoms with Crippen LogP contribution in [0, 0.1) is 25.1 Å². The van der Waals surface area contributed by atoms with Gasteiger partial charge in [-0.3, -0.25) is 0 Å². The Morgan fingerprint density at radius 1 is 1.21 bits per heavy atom. The van der Waals surface area contributed by atoms with Gasteiger partial charge in [-0.15, -0.1) is 0 Å². The molecule has 0 radical (unpaired) electrons. The summed E-state index contributed by atoms with van der Waals surface area (Å²) in [5, 5.41) is 10.9. The van der Waals surface area contributed by atoms with E-state index < -0.39 is 6.85 Å². The quantitative estimate of drug-likeness (QED) is 0.483. The summed E-state index contributed by atoms with van der Waals surface area (Å²) >= 11 is 0. The molecule has 0 aliphatic carbocycles. The normalized spacial score (nSPS) is 14.0. The first-order chi connectivity index (χ1) is 13.2. The van der Waals surface area contributed by atoms with E-state index in [9.17, 15) is 0 Å². The molecule has 3 nitrogen and oxygen atoms in total. The number of hydrogen-bond acceptors (Lipinski definition) is 2. The number of rotatable bonds is 1. The summed E-state index contributed by atoms with van der Waals surface area (Å²) in [6.07, 6.45) is 1.51. The Morgan fingerprint density at radius 3 is 2.83 bits per heavy atom. The van der Waals surface area contributed by atoms with Crippen LogP contribution in [0.15, 0.2) is 53.1 Å². The predicted octanol–water partition coefficient (Wildman–Crippen LogP) is 4.57.